The van der Waals surface area contributed by atoms with Crippen molar-refractivity contribution in [2.24, 2.45) is 0 Å². The van der Waals surface area contributed by atoms with Gasteiger partial charge in [-0.15, -0.1) is 10.2 Å². The Morgan fingerprint density at radius 3 is 2.89 bits per heavy atom. The van der Waals surface area contributed by atoms with E-state index in [4.69, 9.17) is 4.42 Å². The van der Waals surface area contributed by atoms with Gasteiger partial charge < -0.3 is 9.73 Å². The van der Waals surface area contributed by atoms with Crippen LogP contribution >= 0.6 is 0 Å². The summed E-state index contributed by atoms with van der Waals surface area (Å²) < 4.78 is 19.1. The van der Waals surface area contributed by atoms with Crippen molar-refractivity contribution in [3.05, 3.63) is 36.0 Å². The van der Waals surface area contributed by atoms with Crippen molar-refractivity contribution in [3.8, 4) is 11.5 Å². The Morgan fingerprint density at radius 1 is 1.22 bits per heavy atom. The number of piperidine rings is 1. The van der Waals surface area contributed by atoms with E-state index in [1.54, 1.807) is 18.2 Å². The Hall–Kier alpha value is -1.75. The summed E-state index contributed by atoms with van der Waals surface area (Å²) in [6.45, 7) is 0.960. The van der Waals surface area contributed by atoms with Crippen molar-refractivity contribution < 1.29 is 8.81 Å². The average Bonchev–Trinajstić information content (AvgIpc) is 2.90. The number of benzene rings is 1. The van der Waals surface area contributed by atoms with Crippen LogP contribution in [0.5, 0.6) is 0 Å². The van der Waals surface area contributed by atoms with Crippen molar-refractivity contribution in [1.29, 1.82) is 0 Å². The molecule has 5 heteroatoms. The van der Waals surface area contributed by atoms with E-state index in [9.17, 15) is 4.39 Å². The summed E-state index contributed by atoms with van der Waals surface area (Å²) in [5.74, 6) is 0.452. The van der Waals surface area contributed by atoms with Gasteiger partial charge in [0.25, 0.3) is 5.89 Å². The molecule has 1 aliphatic heterocycles. The molecule has 0 spiro atoms. The largest absolute Gasteiger partial charge is 0.419 e. The molecule has 3 rings (SSSR count). The van der Waals surface area contributed by atoms with Crippen molar-refractivity contribution in [1.82, 2.24) is 15.5 Å². The Labute approximate surface area is 104 Å². The number of hydrogen-bond acceptors (Lipinski definition) is 4. The predicted molar refractivity (Wildman–Crippen MR) is 64.3 cm³/mol. The number of halogens is 1. The summed E-state index contributed by atoms with van der Waals surface area (Å²) in [7, 11) is 0. The molecule has 94 valence electrons. The lowest BCUT2D eigenvalue weighted by Gasteiger charge is -2.19. The van der Waals surface area contributed by atoms with Crippen LogP contribution in [0.25, 0.3) is 11.5 Å². The minimum Gasteiger partial charge on any atom is -0.419 e. The molecule has 0 amide bonds. The lowest BCUT2D eigenvalue weighted by molar-refractivity contribution is 0.341. The van der Waals surface area contributed by atoms with E-state index >= 15 is 0 Å². The van der Waals surface area contributed by atoms with Gasteiger partial charge in [-0.3, -0.25) is 0 Å². The molecule has 1 fully saturated rings. The molecule has 2 heterocycles. The maximum Gasteiger partial charge on any atom is 0.250 e. The molecule has 1 saturated heterocycles. The second-order valence-electron chi connectivity index (χ2n) is 4.43. The van der Waals surface area contributed by atoms with E-state index in [-0.39, 0.29) is 17.7 Å². The van der Waals surface area contributed by atoms with Gasteiger partial charge in [-0.2, -0.15) is 0 Å². The number of nitrogens with one attached hydrogen (secondary N) is 1. The maximum absolute atomic E-state index is 13.6. The van der Waals surface area contributed by atoms with Crippen molar-refractivity contribution in [3.63, 3.8) is 0 Å². The predicted octanol–water partition coefficient (Wildman–Crippen LogP) is 2.69. The third kappa shape index (κ3) is 2.13. The lowest BCUT2D eigenvalue weighted by Crippen LogP contribution is -2.26. The topological polar surface area (TPSA) is 51.0 Å². The van der Waals surface area contributed by atoms with Crippen LogP contribution in [0.3, 0.4) is 0 Å². The van der Waals surface area contributed by atoms with Crippen LogP contribution in [-0.2, 0) is 0 Å². The van der Waals surface area contributed by atoms with Gasteiger partial charge in [-0.05, 0) is 31.5 Å². The van der Waals surface area contributed by atoms with E-state index in [0.29, 0.717) is 11.5 Å². The standard InChI is InChI=1S/C13H14FN3O/c14-10-6-2-1-5-9(10)12-16-17-13(18-12)11-7-3-4-8-15-11/h1-2,5-6,11,15H,3-4,7-8H2/t11-/m0/s1. The Bertz CT molecular complexity index is 535. The molecule has 0 radical (unpaired) electrons. The second kappa shape index (κ2) is 4.86. The minimum atomic E-state index is -0.343. The zero-order valence-corrected chi connectivity index (χ0v) is 9.90. The summed E-state index contributed by atoms with van der Waals surface area (Å²) >= 11 is 0. The van der Waals surface area contributed by atoms with E-state index in [2.05, 4.69) is 15.5 Å². The van der Waals surface area contributed by atoms with Crippen LogP contribution in [0.2, 0.25) is 0 Å². The molecule has 0 unspecified atom stereocenters. The van der Waals surface area contributed by atoms with Crippen LogP contribution in [0.4, 0.5) is 4.39 Å². The highest BCUT2D eigenvalue weighted by molar-refractivity contribution is 5.53. The molecule has 18 heavy (non-hydrogen) atoms. The maximum atomic E-state index is 13.6. The van der Waals surface area contributed by atoms with Gasteiger partial charge in [0.2, 0.25) is 5.89 Å². The van der Waals surface area contributed by atoms with Crippen LogP contribution < -0.4 is 5.32 Å². The van der Waals surface area contributed by atoms with Gasteiger partial charge in [0.15, 0.2) is 0 Å². The second-order valence-corrected chi connectivity index (χ2v) is 4.43. The molecule has 2 aromatic rings. The Balaban J connectivity index is 1.87. The van der Waals surface area contributed by atoms with Gasteiger partial charge >= 0.3 is 0 Å². The smallest absolute Gasteiger partial charge is 0.250 e. The summed E-state index contributed by atoms with van der Waals surface area (Å²) in [4.78, 5) is 0. The highest BCUT2D eigenvalue weighted by atomic mass is 19.1. The van der Waals surface area contributed by atoms with Gasteiger partial charge in [-0.1, -0.05) is 18.6 Å². The zero-order chi connectivity index (χ0) is 12.4. The average molecular weight is 247 g/mol. The van der Waals surface area contributed by atoms with Gasteiger partial charge in [0, 0.05) is 0 Å². The zero-order valence-electron chi connectivity index (χ0n) is 9.90. The van der Waals surface area contributed by atoms with Crippen molar-refractivity contribution in [2.45, 2.75) is 25.3 Å². The van der Waals surface area contributed by atoms with Gasteiger partial charge in [-0.25, -0.2) is 4.39 Å². The van der Waals surface area contributed by atoms with Crippen LogP contribution in [-0.4, -0.2) is 16.7 Å². The molecular weight excluding hydrogens is 233 g/mol. The van der Waals surface area contributed by atoms with E-state index < -0.39 is 0 Å². The first-order chi connectivity index (χ1) is 8.84. The molecule has 1 aromatic heterocycles. The van der Waals surface area contributed by atoms with Crippen LogP contribution in [0.1, 0.15) is 31.2 Å². The third-order valence-corrected chi connectivity index (χ3v) is 3.15. The lowest BCUT2D eigenvalue weighted by atomic mass is 10.1. The van der Waals surface area contributed by atoms with Crippen LogP contribution in [0.15, 0.2) is 28.7 Å². The normalized spacial score (nSPS) is 19.9. The Morgan fingerprint density at radius 2 is 2.11 bits per heavy atom. The highest BCUT2D eigenvalue weighted by Crippen LogP contribution is 2.26. The van der Waals surface area contributed by atoms with Gasteiger partial charge in [0.05, 0.1) is 11.6 Å². The van der Waals surface area contributed by atoms with E-state index in [1.807, 2.05) is 0 Å². The van der Waals surface area contributed by atoms with Gasteiger partial charge in [0.1, 0.15) is 5.82 Å². The van der Waals surface area contributed by atoms with Crippen molar-refractivity contribution >= 4 is 0 Å². The summed E-state index contributed by atoms with van der Waals surface area (Å²) in [5.41, 5.74) is 0.354. The first kappa shape index (κ1) is 11.3. The van der Waals surface area contributed by atoms with Crippen LogP contribution in [0, 0.1) is 5.82 Å². The number of hydrogen-bond donors (Lipinski definition) is 1. The first-order valence-electron chi connectivity index (χ1n) is 6.16. The summed E-state index contributed by atoms with van der Waals surface area (Å²) in [5, 5.41) is 11.3. The molecule has 1 atom stereocenters. The molecular formula is C13H14FN3O. The third-order valence-electron chi connectivity index (χ3n) is 3.15. The molecule has 0 aliphatic carbocycles. The Kier molecular flexibility index (Phi) is 3.06. The first-order valence-corrected chi connectivity index (χ1v) is 6.16. The molecule has 1 aliphatic rings. The fourth-order valence-corrected chi connectivity index (χ4v) is 2.18. The molecule has 1 aromatic carbocycles. The monoisotopic (exact) mass is 247 g/mol. The molecule has 1 N–H and O–H groups in total. The fourth-order valence-electron chi connectivity index (χ4n) is 2.18. The minimum absolute atomic E-state index is 0.103. The quantitative estimate of drug-likeness (QED) is 0.886. The number of aromatic nitrogens is 2. The highest BCUT2D eigenvalue weighted by Gasteiger charge is 2.21. The summed E-state index contributed by atoms with van der Waals surface area (Å²) in [6, 6.07) is 6.52. The van der Waals surface area contributed by atoms with Crippen molar-refractivity contribution in [2.75, 3.05) is 6.54 Å². The number of nitrogens with zero attached hydrogens (tertiary/aromatic N) is 2. The van der Waals surface area contributed by atoms with E-state index in [0.717, 1.165) is 19.4 Å². The SMILES string of the molecule is Fc1ccccc1-c1nnc([C@@H]2CCCCN2)o1. The summed E-state index contributed by atoms with van der Waals surface area (Å²) in [6.07, 6.45) is 3.30. The van der Waals surface area contributed by atoms with E-state index in [1.165, 1.54) is 12.5 Å². The number of rotatable bonds is 2. The fraction of sp³-hybridized carbons (Fsp3) is 0.385. The molecule has 4 nitrogen and oxygen atoms in total. The molecule has 0 saturated carbocycles. The molecule has 0 bridgehead atoms.